The molecule has 0 amide bonds. The van der Waals surface area contributed by atoms with E-state index in [0.29, 0.717) is 12.6 Å². The number of hydrogen-bond donors (Lipinski definition) is 2. The maximum Gasteiger partial charge on any atom is 0.119 e. The van der Waals surface area contributed by atoms with Gasteiger partial charge in [0.1, 0.15) is 18.5 Å². The van der Waals surface area contributed by atoms with Crippen LogP contribution in [0.25, 0.3) is 0 Å². The first-order valence-corrected chi connectivity index (χ1v) is 7.69. The molecule has 0 radical (unpaired) electrons. The van der Waals surface area contributed by atoms with E-state index in [0.717, 1.165) is 11.3 Å². The third-order valence-electron chi connectivity index (χ3n) is 3.49. The van der Waals surface area contributed by atoms with Crippen LogP contribution in [0.1, 0.15) is 32.4 Å². The number of aromatic nitrogens is 2. The second-order valence-electron chi connectivity index (χ2n) is 5.76. The van der Waals surface area contributed by atoms with Gasteiger partial charge >= 0.3 is 0 Å². The molecule has 0 fully saturated rings. The lowest BCUT2D eigenvalue weighted by atomic mass is 10.1. The van der Waals surface area contributed by atoms with E-state index in [1.807, 2.05) is 55.1 Å². The van der Waals surface area contributed by atoms with E-state index in [2.05, 4.69) is 17.3 Å². The molecule has 0 saturated heterocycles. The van der Waals surface area contributed by atoms with Gasteiger partial charge < -0.3 is 15.2 Å². The fourth-order valence-electron chi connectivity index (χ4n) is 2.13. The first-order valence-electron chi connectivity index (χ1n) is 7.69. The van der Waals surface area contributed by atoms with Crippen molar-refractivity contribution in [2.45, 2.75) is 39.0 Å². The second kappa shape index (κ2) is 7.96. The van der Waals surface area contributed by atoms with Crippen molar-refractivity contribution in [1.29, 1.82) is 0 Å². The van der Waals surface area contributed by atoms with Crippen LogP contribution in [0.5, 0.6) is 5.75 Å². The Morgan fingerprint density at radius 3 is 2.55 bits per heavy atom. The van der Waals surface area contributed by atoms with Gasteiger partial charge in [-0.1, -0.05) is 26.0 Å². The Morgan fingerprint density at radius 1 is 1.23 bits per heavy atom. The van der Waals surface area contributed by atoms with Crippen molar-refractivity contribution in [1.82, 2.24) is 15.1 Å². The predicted octanol–water partition coefficient (Wildman–Crippen LogP) is 2.23. The number of aliphatic hydroxyl groups is 1. The molecule has 2 rings (SSSR count). The van der Waals surface area contributed by atoms with Crippen molar-refractivity contribution in [2.24, 2.45) is 0 Å². The molecule has 0 aliphatic heterocycles. The first-order chi connectivity index (χ1) is 10.6. The summed E-state index contributed by atoms with van der Waals surface area (Å²) < 4.78 is 7.53. The van der Waals surface area contributed by atoms with E-state index in [9.17, 15) is 5.11 Å². The zero-order chi connectivity index (χ0) is 15.9. The summed E-state index contributed by atoms with van der Waals surface area (Å²) in [7, 11) is 0. The average molecular weight is 303 g/mol. The fraction of sp³-hybridized carbons (Fsp3) is 0.471. The van der Waals surface area contributed by atoms with E-state index < -0.39 is 6.10 Å². The number of nitrogens with one attached hydrogen (secondary N) is 1. The molecule has 1 aromatic carbocycles. The van der Waals surface area contributed by atoms with Crippen LogP contribution in [0.15, 0.2) is 42.7 Å². The van der Waals surface area contributed by atoms with Gasteiger partial charge in [-0.05, 0) is 30.7 Å². The molecule has 0 bridgehead atoms. The normalized spacial score (nSPS) is 14.0. The molecule has 120 valence electrons. The van der Waals surface area contributed by atoms with Gasteiger partial charge in [-0.2, -0.15) is 5.10 Å². The van der Waals surface area contributed by atoms with Crippen LogP contribution in [0, 0.1) is 0 Å². The highest BCUT2D eigenvalue weighted by molar-refractivity contribution is 5.29. The number of rotatable bonds is 8. The van der Waals surface area contributed by atoms with E-state index in [1.165, 1.54) is 0 Å². The number of hydrogen-bond acceptors (Lipinski definition) is 4. The molecule has 1 heterocycles. The summed E-state index contributed by atoms with van der Waals surface area (Å²) in [4.78, 5) is 0. The Labute approximate surface area is 131 Å². The van der Waals surface area contributed by atoms with Crippen LogP contribution in [-0.2, 0) is 0 Å². The summed E-state index contributed by atoms with van der Waals surface area (Å²) in [5, 5.41) is 17.3. The molecule has 0 spiro atoms. The zero-order valence-corrected chi connectivity index (χ0v) is 13.4. The number of aliphatic hydroxyl groups excluding tert-OH is 1. The lowest BCUT2D eigenvalue weighted by Gasteiger charge is -2.16. The molecule has 0 aliphatic carbocycles. The van der Waals surface area contributed by atoms with Crippen LogP contribution in [0.4, 0.5) is 0 Å². The van der Waals surface area contributed by atoms with E-state index in [1.54, 1.807) is 6.20 Å². The lowest BCUT2D eigenvalue weighted by molar-refractivity contribution is 0.104. The summed E-state index contributed by atoms with van der Waals surface area (Å²) in [6.07, 6.45) is 3.22. The maximum absolute atomic E-state index is 9.83. The molecule has 2 N–H and O–H groups in total. The van der Waals surface area contributed by atoms with E-state index >= 15 is 0 Å². The van der Waals surface area contributed by atoms with Gasteiger partial charge in [-0.15, -0.1) is 0 Å². The molecule has 2 atom stereocenters. The summed E-state index contributed by atoms with van der Waals surface area (Å²) in [5.41, 5.74) is 1.16. The third-order valence-corrected chi connectivity index (χ3v) is 3.49. The van der Waals surface area contributed by atoms with Gasteiger partial charge in [0.05, 0.1) is 6.04 Å². The molecule has 2 aromatic rings. The highest BCUT2D eigenvalue weighted by Gasteiger charge is 2.09. The highest BCUT2D eigenvalue weighted by atomic mass is 16.5. The Balaban J connectivity index is 1.84. The fourth-order valence-corrected chi connectivity index (χ4v) is 2.13. The van der Waals surface area contributed by atoms with Crippen LogP contribution in [0.2, 0.25) is 0 Å². The third kappa shape index (κ3) is 4.86. The van der Waals surface area contributed by atoms with Gasteiger partial charge in [-0.3, -0.25) is 4.68 Å². The molecule has 0 aliphatic rings. The molecular weight excluding hydrogens is 278 g/mol. The van der Waals surface area contributed by atoms with E-state index in [4.69, 9.17) is 4.74 Å². The van der Waals surface area contributed by atoms with Crippen LogP contribution in [-0.4, -0.2) is 40.2 Å². The molecular formula is C17H25N3O2. The average Bonchev–Trinajstić information content (AvgIpc) is 3.05. The minimum atomic E-state index is -0.509. The molecule has 0 saturated carbocycles. The number of ether oxygens (including phenoxy) is 1. The van der Waals surface area contributed by atoms with Crippen LogP contribution >= 0.6 is 0 Å². The monoisotopic (exact) mass is 303 g/mol. The molecule has 5 heteroatoms. The van der Waals surface area contributed by atoms with Gasteiger partial charge in [0.25, 0.3) is 0 Å². The summed E-state index contributed by atoms with van der Waals surface area (Å²) in [6, 6.07) is 10.4. The summed E-state index contributed by atoms with van der Waals surface area (Å²) in [5.74, 6) is 0.764. The summed E-state index contributed by atoms with van der Waals surface area (Å²) >= 11 is 0. The van der Waals surface area contributed by atoms with Crippen LogP contribution in [0.3, 0.4) is 0 Å². The van der Waals surface area contributed by atoms with Crippen LogP contribution < -0.4 is 10.1 Å². The van der Waals surface area contributed by atoms with Gasteiger partial charge in [0, 0.05) is 25.0 Å². The van der Waals surface area contributed by atoms with Gasteiger partial charge in [0.2, 0.25) is 0 Å². The molecule has 1 aromatic heterocycles. The quantitative estimate of drug-likeness (QED) is 0.785. The minimum absolute atomic E-state index is 0.185. The second-order valence-corrected chi connectivity index (χ2v) is 5.76. The predicted molar refractivity (Wildman–Crippen MR) is 87.1 cm³/mol. The maximum atomic E-state index is 9.83. The zero-order valence-electron chi connectivity index (χ0n) is 13.4. The molecule has 2 unspecified atom stereocenters. The lowest BCUT2D eigenvalue weighted by Crippen LogP contribution is -2.35. The van der Waals surface area contributed by atoms with Crippen molar-refractivity contribution in [3.05, 3.63) is 48.3 Å². The van der Waals surface area contributed by atoms with Crippen molar-refractivity contribution < 1.29 is 9.84 Å². The molecule has 5 nitrogen and oxygen atoms in total. The smallest absolute Gasteiger partial charge is 0.119 e. The van der Waals surface area contributed by atoms with Crippen molar-refractivity contribution in [3.63, 3.8) is 0 Å². The largest absolute Gasteiger partial charge is 0.491 e. The number of nitrogens with zero attached hydrogens (tertiary/aromatic N) is 2. The Hall–Kier alpha value is -1.85. The Morgan fingerprint density at radius 2 is 1.95 bits per heavy atom. The molecule has 22 heavy (non-hydrogen) atoms. The SMILES string of the molecule is CC(C)NCC(O)COc1ccc(C(C)n2cccn2)cc1. The summed E-state index contributed by atoms with van der Waals surface area (Å²) in [6.45, 7) is 7.02. The standard InChI is InChI=1S/C17H25N3O2/c1-13(2)18-11-16(21)12-22-17-7-5-15(6-8-17)14(3)20-10-4-9-19-20/h4-10,13-14,16,18,21H,11-12H2,1-3H3. The van der Waals surface area contributed by atoms with Crippen molar-refractivity contribution >= 4 is 0 Å². The van der Waals surface area contributed by atoms with Crippen molar-refractivity contribution in [3.8, 4) is 5.75 Å². The number of benzene rings is 1. The minimum Gasteiger partial charge on any atom is -0.491 e. The van der Waals surface area contributed by atoms with Crippen molar-refractivity contribution in [2.75, 3.05) is 13.2 Å². The Bertz CT molecular complexity index is 538. The highest BCUT2D eigenvalue weighted by Crippen LogP contribution is 2.20. The topological polar surface area (TPSA) is 59.3 Å². The Kier molecular flexibility index (Phi) is 5.98. The first kappa shape index (κ1) is 16.5. The van der Waals surface area contributed by atoms with Gasteiger partial charge in [-0.25, -0.2) is 0 Å². The van der Waals surface area contributed by atoms with E-state index in [-0.39, 0.29) is 12.6 Å². The van der Waals surface area contributed by atoms with Gasteiger partial charge in [0.15, 0.2) is 0 Å².